The van der Waals surface area contributed by atoms with E-state index in [4.69, 9.17) is 11.5 Å². The number of nitrogen functional groups attached to an aromatic ring is 2. The molecule has 0 heterocycles. The third-order valence-electron chi connectivity index (χ3n) is 8.35. The molecule has 0 saturated heterocycles. The zero-order valence-electron chi connectivity index (χ0n) is 17.8. The van der Waals surface area contributed by atoms with Gasteiger partial charge in [0.15, 0.2) is 0 Å². The summed E-state index contributed by atoms with van der Waals surface area (Å²) < 4.78 is 0. The molecule has 4 N–H and O–H groups in total. The van der Waals surface area contributed by atoms with Crippen LogP contribution in [-0.2, 0) is 0 Å². The summed E-state index contributed by atoms with van der Waals surface area (Å²) in [6.07, 6.45) is 5.59. The number of benzene rings is 2. The van der Waals surface area contributed by atoms with Crippen molar-refractivity contribution in [3.63, 3.8) is 0 Å². The van der Waals surface area contributed by atoms with Crippen molar-refractivity contribution < 1.29 is 0 Å². The maximum atomic E-state index is 6.12. The summed E-state index contributed by atoms with van der Waals surface area (Å²) >= 11 is 0. The van der Waals surface area contributed by atoms with E-state index in [9.17, 15) is 0 Å². The van der Waals surface area contributed by atoms with Gasteiger partial charge in [-0.1, -0.05) is 0 Å². The molecule has 0 atom stereocenters. The molecular weight excluding hydrogens is 340 g/mol. The smallest absolute Gasteiger partial charge is 0.0319 e. The van der Waals surface area contributed by atoms with Gasteiger partial charge < -0.3 is 11.5 Å². The standard InChI is InChI=1S/C26H34N2/c1-13-5-21(27)6-14(2)23(13)25-17-9-19-11-18(25)12-20(10-17)26(19)24-15(3)7-22(28)8-16(24)4/h5-8,17-20,25-26H,9-12,27-28H2,1-4H3. The summed E-state index contributed by atoms with van der Waals surface area (Å²) in [5.41, 5.74) is 23.0. The highest BCUT2D eigenvalue weighted by Crippen LogP contribution is 2.65. The number of aryl methyl sites for hydroxylation is 4. The lowest BCUT2D eigenvalue weighted by atomic mass is 9.45. The monoisotopic (exact) mass is 374 g/mol. The van der Waals surface area contributed by atoms with E-state index in [0.29, 0.717) is 0 Å². The molecule has 2 aromatic rings. The van der Waals surface area contributed by atoms with Crippen molar-refractivity contribution >= 4 is 11.4 Å². The van der Waals surface area contributed by atoms with E-state index in [0.717, 1.165) is 46.9 Å². The third kappa shape index (κ3) is 2.60. The first-order valence-corrected chi connectivity index (χ1v) is 11.1. The van der Waals surface area contributed by atoms with E-state index in [-0.39, 0.29) is 0 Å². The second-order valence-electron chi connectivity index (χ2n) is 10.2. The van der Waals surface area contributed by atoms with Crippen LogP contribution in [0.2, 0.25) is 0 Å². The van der Waals surface area contributed by atoms with Gasteiger partial charge in [-0.2, -0.15) is 0 Å². The molecule has 4 aliphatic rings. The lowest BCUT2D eigenvalue weighted by molar-refractivity contribution is -0.0238. The Balaban J connectivity index is 1.49. The van der Waals surface area contributed by atoms with Gasteiger partial charge in [0.25, 0.3) is 0 Å². The minimum atomic E-state index is 0.752. The molecule has 6 rings (SSSR count). The van der Waals surface area contributed by atoms with Crippen molar-refractivity contribution in [2.24, 2.45) is 23.7 Å². The van der Waals surface area contributed by atoms with Gasteiger partial charge in [-0.3, -0.25) is 0 Å². The number of nitrogens with two attached hydrogens (primary N) is 2. The molecule has 0 unspecified atom stereocenters. The highest BCUT2D eigenvalue weighted by molar-refractivity contribution is 5.52. The van der Waals surface area contributed by atoms with Gasteiger partial charge in [0.1, 0.15) is 0 Å². The van der Waals surface area contributed by atoms with Gasteiger partial charge in [0.2, 0.25) is 0 Å². The quantitative estimate of drug-likeness (QED) is 0.632. The SMILES string of the molecule is Cc1cc(N)cc(C)c1C1C2CC3CC1CC(C2)C3c1c(C)cc(N)cc1C. The van der Waals surface area contributed by atoms with Crippen LogP contribution in [0.5, 0.6) is 0 Å². The Hall–Kier alpha value is -1.96. The van der Waals surface area contributed by atoms with Crippen LogP contribution < -0.4 is 11.5 Å². The van der Waals surface area contributed by atoms with Crippen molar-refractivity contribution in [3.8, 4) is 0 Å². The molecule has 2 nitrogen and oxygen atoms in total. The van der Waals surface area contributed by atoms with Gasteiger partial charge in [-0.25, -0.2) is 0 Å². The lowest BCUT2D eigenvalue weighted by Crippen LogP contribution is -2.48. The minimum absolute atomic E-state index is 0.752. The van der Waals surface area contributed by atoms with Gasteiger partial charge in [-0.15, -0.1) is 0 Å². The van der Waals surface area contributed by atoms with Crippen LogP contribution in [0.1, 0.15) is 70.9 Å². The van der Waals surface area contributed by atoms with Gasteiger partial charge >= 0.3 is 0 Å². The van der Waals surface area contributed by atoms with Crippen molar-refractivity contribution in [1.82, 2.24) is 0 Å². The molecule has 0 amide bonds. The molecule has 4 bridgehead atoms. The fraction of sp³-hybridized carbons (Fsp3) is 0.538. The van der Waals surface area contributed by atoms with E-state index < -0.39 is 0 Å². The van der Waals surface area contributed by atoms with Crippen LogP contribution in [0, 0.1) is 51.4 Å². The van der Waals surface area contributed by atoms with Crippen molar-refractivity contribution in [2.45, 2.75) is 65.2 Å². The summed E-state index contributed by atoms with van der Waals surface area (Å²) in [4.78, 5) is 0. The predicted octanol–water partition coefficient (Wildman–Crippen LogP) is 6.02. The molecule has 28 heavy (non-hydrogen) atoms. The summed E-state index contributed by atoms with van der Waals surface area (Å²) in [6.45, 7) is 9.09. The normalized spacial score (nSPS) is 33.4. The fourth-order valence-electron chi connectivity index (χ4n) is 7.89. The average molecular weight is 375 g/mol. The van der Waals surface area contributed by atoms with Crippen LogP contribution in [0.15, 0.2) is 24.3 Å². The van der Waals surface area contributed by atoms with Crippen LogP contribution in [-0.4, -0.2) is 0 Å². The van der Waals surface area contributed by atoms with Gasteiger partial charge in [0.05, 0.1) is 0 Å². The Morgan fingerprint density at radius 3 is 1.04 bits per heavy atom. The molecular formula is C26H34N2. The van der Waals surface area contributed by atoms with Gasteiger partial charge in [-0.05, 0) is 147 Å². The van der Waals surface area contributed by atoms with E-state index in [1.807, 2.05) is 0 Å². The minimum Gasteiger partial charge on any atom is -0.399 e. The summed E-state index contributed by atoms with van der Waals surface area (Å²) in [5.74, 6) is 4.93. The molecule has 0 aromatic heterocycles. The summed E-state index contributed by atoms with van der Waals surface area (Å²) in [6, 6.07) is 8.77. The lowest BCUT2D eigenvalue weighted by Gasteiger charge is -2.59. The molecule has 0 radical (unpaired) electrons. The topological polar surface area (TPSA) is 52.0 Å². The maximum absolute atomic E-state index is 6.12. The highest BCUT2D eigenvalue weighted by atomic mass is 14.6. The third-order valence-corrected chi connectivity index (χ3v) is 8.35. The molecule has 4 aliphatic carbocycles. The van der Waals surface area contributed by atoms with Crippen molar-refractivity contribution in [2.75, 3.05) is 11.5 Å². The van der Waals surface area contributed by atoms with Crippen LogP contribution >= 0.6 is 0 Å². The zero-order chi connectivity index (χ0) is 19.7. The molecule has 0 spiro atoms. The second kappa shape index (κ2) is 6.27. The predicted molar refractivity (Wildman–Crippen MR) is 119 cm³/mol. The first-order chi connectivity index (χ1) is 13.3. The first kappa shape index (κ1) is 18.1. The van der Waals surface area contributed by atoms with Crippen LogP contribution in [0.3, 0.4) is 0 Å². The number of anilines is 2. The Morgan fingerprint density at radius 2 is 0.786 bits per heavy atom. The number of hydrogen-bond donors (Lipinski definition) is 2. The Kier molecular flexibility index (Phi) is 4.05. The zero-order valence-corrected chi connectivity index (χ0v) is 17.8. The Morgan fingerprint density at radius 1 is 0.536 bits per heavy atom. The average Bonchev–Trinajstić information content (AvgIpc) is 2.56. The molecule has 4 fully saturated rings. The molecule has 2 aromatic carbocycles. The maximum Gasteiger partial charge on any atom is 0.0319 e. The Labute approximate surface area is 169 Å². The van der Waals surface area contributed by atoms with E-state index in [1.165, 1.54) is 47.9 Å². The largest absolute Gasteiger partial charge is 0.399 e. The van der Waals surface area contributed by atoms with E-state index in [1.54, 1.807) is 11.1 Å². The van der Waals surface area contributed by atoms with Crippen LogP contribution in [0.4, 0.5) is 11.4 Å². The molecule has 148 valence electrons. The van der Waals surface area contributed by atoms with E-state index in [2.05, 4.69) is 52.0 Å². The molecule has 2 heteroatoms. The fourth-order valence-corrected chi connectivity index (χ4v) is 7.89. The Bertz CT molecular complexity index is 792. The summed E-state index contributed by atoms with van der Waals surface area (Å²) in [7, 11) is 0. The van der Waals surface area contributed by atoms with Gasteiger partial charge in [0, 0.05) is 11.4 Å². The van der Waals surface area contributed by atoms with Crippen molar-refractivity contribution in [3.05, 3.63) is 57.6 Å². The number of hydrogen-bond acceptors (Lipinski definition) is 2. The van der Waals surface area contributed by atoms with Crippen molar-refractivity contribution in [1.29, 1.82) is 0 Å². The van der Waals surface area contributed by atoms with Crippen LogP contribution in [0.25, 0.3) is 0 Å². The molecule has 4 saturated carbocycles. The first-order valence-electron chi connectivity index (χ1n) is 11.1. The second-order valence-corrected chi connectivity index (χ2v) is 10.2. The molecule has 0 aliphatic heterocycles. The summed E-state index contributed by atoms with van der Waals surface area (Å²) in [5, 5.41) is 0. The van der Waals surface area contributed by atoms with E-state index >= 15 is 0 Å². The number of rotatable bonds is 2. The highest BCUT2D eigenvalue weighted by Gasteiger charge is 2.54.